The van der Waals surface area contributed by atoms with Crippen LogP contribution in [0.25, 0.3) is 10.2 Å². The summed E-state index contributed by atoms with van der Waals surface area (Å²) in [6.07, 6.45) is 1.68. The third-order valence-electron chi connectivity index (χ3n) is 5.44. The zero-order chi connectivity index (χ0) is 20.6. The van der Waals surface area contributed by atoms with Gasteiger partial charge in [-0.3, -0.25) is 9.36 Å². The molecule has 0 radical (unpaired) electrons. The van der Waals surface area contributed by atoms with Crippen LogP contribution in [0.3, 0.4) is 0 Å². The normalized spacial score (nSPS) is 18.7. The van der Waals surface area contributed by atoms with Crippen LogP contribution in [0.2, 0.25) is 0 Å². The van der Waals surface area contributed by atoms with Crippen molar-refractivity contribution >= 4 is 33.3 Å². The number of rotatable bonds is 6. The number of hydrogen-bond donors (Lipinski definition) is 0. The van der Waals surface area contributed by atoms with Gasteiger partial charge in [0.2, 0.25) is 0 Å². The molecule has 2 aromatic heterocycles. The van der Waals surface area contributed by atoms with E-state index in [2.05, 4.69) is 32.6 Å². The Morgan fingerprint density at radius 1 is 1.38 bits per heavy atom. The largest absolute Gasteiger partial charge is 0.369 e. The molecule has 1 aliphatic heterocycles. The van der Waals surface area contributed by atoms with E-state index < -0.39 is 0 Å². The van der Waals surface area contributed by atoms with Gasteiger partial charge in [-0.15, -0.1) is 11.3 Å². The molecule has 152 valence electrons. The number of aromatic nitrogens is 2. The molecule has 0 saturated carbocycles. The van der Waals surface area contributed by atoms with Crippen LogP contribution in [-0.2, 0) is 24.3 Å². The van der Waals surface area contributed by atoms with Crippen molar-refractivity contribution < 1.29 is 4.74 Å². The topological polar surface area (TPSA) is 44.1 Å². The zero-order valence-electron chi connectivity index (χ0n) is 17.2. The lowest BCUT2D eigenvalue weighted by atomic mass is 9.90. The molecule has 29 heavy (non-hydrogen) atoms. The smallest absolute Gasteiger partial charge is 0.263 e. The fourth-order valence-corrected chi connectivity index (χ4v) is 5.55. The number of thioether (sulfide) groups is 1. The summed E-state index contributed by atoms with van der Waals surface area (Å²) in [4.78, 5) is 20.6. The van der Waals surface area contributed by atoms with Crippen molar-refractivity contribution in [3.8, 4) is 0 Å². The molecule has 0 spiro atoms. The van der Waals surface area contributed by atoms with E-state index in [1.165, 1.54) is 0 Å². The first kappa shape index (κ1) is 20.4. The zero-order valence-corrected chi connectivity index (χ0v) is 18.8. The van der Waals surface area contributed by atoms with Crippen LogP contribution in [0.1, 0.15) is 43.2 Å². The molecular formula is C23H26N2O2S2. The Hall–Kier alpha value is -1.89. The van der Waals surface area contributed by atoms with Gasteiger partial charge in [0.15, 0.2) is 5.16 Å². The van der Waals surface area contributed by atoms with Crippen LogP contribution in [-0.4, -0.2) is 20.9 Å². The summed E-state index contributed by atoms with van der Waals surface area (Å²) in [5.41, 5.74) is 3.13. The molecule has 6 heteroatoms. The minimum Gasteiger partial charge on any atom is -0.369 e. The van der Waals surface area contributed by atoms with Gasteiger partial charge in [-0.1, -0.05) is 61.2 Å². The lowest BCUT2D eigenvalue weighted by Crippen LogP contribution is -2.34. The average Bonchev–Trinajstić information content (AvgIpc) is 3.07. The van der Waals surface area contributed by atoms with E-state index in [1.54, 1.807) is 23.1 Å². The Balaban J connectivity index is 1.87. The molecule has 1 aliphatic rings. The average molecular weight is 427 g/mol. The van der Waals surface area contributed by atoms with Crippen LogP contribution in [0.5, 0.6) is 0 Å². The molecule has 0 bridgehead atoms. The highest BCUT2D eigenvalue weighted by molar-refractivity contribution is 7.99. The van der Waals surface area contributed by atoms with Crippen LogP contribution in [0.4, 0.5) is 0 Å². The van der Waals surface area contributed by atoms with Gasteiger partial charge in [0.25, 0.3) is 5.56 Å². The molecular weight excluding hydrogens is 400 g/mol. The molecule has 4 nitrogen and oxygen atoms in total. The molecule has 0 fully saturated rings. The summed E-state index contributed by atoms with van der Waals surface area (Å²) in [5, 5.41) is 1.54. The fourth-order valence-electron chi connectivity index (χ4n) is 3.56. The number of nitrogens with zero attached hydrogens (tertiary/aromatic N) is 2. The van der Waals surface area contributed by atoms with E-state index in [-0.39, 0.29) is 11.2 Å². The van der Waals surface area contributed by atoms with Crippen molar-refractivity contribution in [2.75, 3.05) is 5.75 Å². The van der Waals surface area contributed by atoms with Gasteiger partial charge in [0.1, 0.15) is 4.83 Å². The van der Waals surface area contributed by atoms with Crippen molar-refractivity contribution in [3.63, 3.8) is 0 Å². The lowest BCUT2D eigenvalue weighted by Gasteiger charge is -2.32. The predicted molar refractivity (Wildman–Crippen MR) is 122 cm³/mol. The molecule has 1 aromatic carbocycles. The van der Waals surface area contributed by atoms with Crippen molar-refractivity contribution in [2.24, 2.45) is 0 Å². The second kappa shape index (κ2) is 8.09. The van der Waals surface area contributed by atoms with Gasteiger partial charge in [0.05, 0.1) is 24.1 Å². The number of fused-ring (bicyclic) bond motifs is 3. The van der Waals surface area contributed by atoms with E-state index in [1.807, 2.05) is 29.7 Å². The molecule has 0 saturated heterocycles. The highest BCUT2D eigenvalue weighted by Crippen LogP contribution is 2.39. The summed E-state index contributed by atoms with van der Waals surface area (Å²) in [6, 6.07) is 10.1. The third-order valence-corrected chi connectivity index (χ3v) is 7.75. The Morgan fingerprint density at radius 3 is 2.83 bits per heavy atom. The minimum absolute atomic E-state index is 0.0564. The highest BCUT2D eigenvalue weighted by Gasteiger charge is 2.33. The molecule has 0 unspecified atom stereocenters. The van der Waals surface area contributed by atoms with Gasteiger partial charge in [-0.05, 0) is 31.4 Å². The molecule has 1 atom stereocenters. The van der Waals surface area contributed by atoms with Gasteiger partial charge in [0, 0.05) is 17.1 Å². The first-order chi connectivity index (χ1) is 13.9. The number of ether oxygens (including phenoxy) is 1. The van der Waals surface area contributed by atoms with E-state index in [0.29, 0.717) is 13.2 Å². The first-order valence-electron chi connectivity index (χ1n) is 9.90. The predicted octanol–water partition coefficient (Wildman–Crippen LogP) is 5.42. The maximum absolute atomic E-state index is 13.7. The maximum atomic E-state index is 13.7. The van der Waals surface area contributed by atoms with E-state index in [9.17, 15) is 4.79 Å². The van der Waals surface area contributed by atoms with Gasteiger partial charge in [-0.25, -0.2) is 4.98 Å². The lowest BCUT2D eigenvalue weighted by molar-refractivity contribution is -0.0543. The monoisotopic (exact) mass is 426 g/mol. The Labute approximate surface area is 179 Å². The maximum Gasteiger partial charge on any atom is 0.263 e. The summed E-state index contributed by atoms with van der Waals surface area (Å²) < 4.78 is 7.93. The summed E-state index contributed by atoms with van der Waals surface area (Å²) in [6.45, 7) is 11.3. The molecule has 4 rings (SSSR count). The third kappa shape index (κ3) is 4.06. The van der Waals surface area contributed by atoms with Crippen molar-refractivity contribution in [3.05, 3.63) is 68.8 Å². The summed E-state index contributed by atoms with van der Waals surface area (Å²) >= 11 is 3.18. The summed E-state index contributed by atoms with van der Waals surface area (Å²) in [5.74, 6) is 0.745. The van der Waals surface area contributed by atoms with Crippen LogP contribution in [0.15, 0.2) is 52.4 Å². The Kier molecular flexibility index (Phi) is 5.69. The van der Waals surface area contributed by atoms with Crippen molar-refractivity contribution in [1.29, 1.82) is 0 Å². The second-order valence-corrected chi connectivity index (χ2v) is 10.00. The standard InChI is InChI=1S/C23H26N2O2S2/c1-5-23(4)11-17-18(13-27-23)29-20-19(17)21(26)25(12-16-9-7-6-8-10-16)22(24-20)28-14-15(2)3/h6-10H,2,5,11-14H2,1,3-4H3/t23-/m0/s1. The highest BCUT2D eigenvalue weighted by atomic mass is 32.2. The number of hydrogen-bond acceptors (Lipinski definition) is 5. The summed E-state index contributed by atoms with van der Waals surface area (Å²) in [7, 11) is 0. The van der Waals surface area contributed by atoms with Crippen LogP contribution in [0, 0.1) is 0 Å². The molecule has 0 amide bonds. The second-order valence-electron chi connectivity index (χ2n) is 7.97. The van der Waals surface area contributed by atoms with Crippen molar-refractivity contribution in [1.82, 2.24) is 9.55 Å². The van der Waals surface area contributed by atoms with Gasteiger partial charge >= 0.3 is 0 Å². The van der Waals surface area contributed by atoms with E-state index in [0.717, 1.165) is 55.5 Å². The first-order valence-corrected chi connectivity index (χ1v) is 11.7. The van der Waals surface area contributed by atoms with Crippen LogP contribution >= 0.6 is 23.1 Å². The Bertz CT molecular complexity index is 1120. The fraction of sp³-hybridized carbons (Fsp3) is 0.391. The number of thiophene rings is 1. The molecule has 0 N–H and O–H groups in total. The van der Waals surface area contributed by atoms with Gasteiger partial charge in [-0.2, -0.15) is 0 Å². The van der Waals surface area contributed by atoms with Crippen molar-refractivity contribution in [2.45, 2.75) is 57.5 Å². The minimum atomic E-state index is -0.217. The SMILES string of the molecule is C=C(C)CSc1nc2sc3c(c2c(=O)n1Cc1ccccc1)C[C@](C)(CC)OC3. The quantitative estimate of drug-likeness (QED) is 0.300. The van der Waals surface area contributed by atoms with Crippen LogP contribution < -0.4 is 5.56 Å². The molecule has 0 aliphatic carbocycles. The van der Waals surface area contributed by atoms with Gasteiger partial charge < -0.3 is 4.74 Å². The van der Waals surface area contributed by atoms with E-state index >= 15 is 0 Å². The Morgan fingerprint density at radius 2 is 2.14 bits per heavy atom. The number of benzene rings is 1. The van der Waals surface area contributed by atoms with E-state index in [4.69, 9.17) is 9.72 Å². The molecule has 3 heterocycles. The molecule has 3 aromatic rings.